The van der Waals surface area contributed by atoms with Crippen molar-refractivity contribution in [2.45, 2.75) is 58.4 Å². The van der Waals surface area contributed by atoms with Gasteiger partial charge in [-0.15, -0.1) is 0 Å². The highest BCUT2D eigenvalue weighted by molar-refractivity contribution is 6.02. The van der Waals surface area contributed by atoms with Gasteiger partial charge in [-0.3, -0.25) is 14.2 Å². The van der Waals surface area contributed by atoms with Crippen LogP contribution in [-0.4, -0.2) is 46.1 Å². The van der Waals surface area contributed by atoms with Crippen molar-refractivity contribution in [2.75, 3.05) is 13.2 Å². The van der Waals surface area contributed by atoms with E-state index >= 15 is 0 Å². The zero-order chi connectivity index (χ0) is 25.4. The molecule has 2 fully saturated rings. The van der Waals surface area contributed by atoms with Gasteiger partial charge in [0.05, 0.1) is 11.9 Å². The van der Waals surface area contributed by atoms with E-state index in [4.69, 9.17) is 9.47 Å². The lowest BCUT2D eigenvalue weighted by Gasteiger charge is -2.36. The highest BCUT2D eigenvalue weighted by Crippen LogP contribution is 2.60. The number of nitrogens with one attached hydrogen (secondary N) is 1. The second kappa shape index (κ2) is 9.63. The number of nitrogens with zero attached hydrogens (tertiary/aromatic N) is 2. The van der Waals surface area contributed by atoms with Crippen molar-refractivity contribution in [3.8, 4) is 16.9 Å². The first-order chi connectivity index (χ1) is 17.3. The summed E-state index contributed by atoms with van der Waals surface area (Å²) in [6.45, 7) is 4.37. The minimum atomic E-state index is -0.735. The number of hydrogen-bond acceptors (Lipinski definition) is 6. The normalized spacial score (nSPS) is 16.4. The number of amides is 1. The molecule has 5 rings (SSSR count). The molecule has 190 valence electrons. The minimum absolute atomic E-state index is 0.00694. The van der Waals surface area contributed by atoms with Crippen molar-refractivity contribution in [1.29, 1.82) is 0 Å². The minimum Gasteiger partial charge on any atom is -0.506 e. The molecule has 1 aromatic carbocycles. The van der Waals surface area contributed by atoms with E-state index in [1.807, 2.05) is 13.8 Å². The van der Waals surface area contributed by atoms with Crippen molar-refractivity contribution in [2.24, 2.45) is 5.41 Å². The fourth-order valence-corrected chi connectivity index (χ4v) is 5.09. The molecule has 0 atom stereocenters. The van der Waals surface area contributed by atoms with E-state index in [1.165, 1.54) is 29.5 Å². The zero-order valence-corrected chi connectivity index (χ0v) is 20.4. The molecule has 8 nitrogen and oxygen atoms in total. The van der Waals surface area contributed by atoms with Gasteiger partial charge in [0.1, 0.15) is 22.8 Å². The Labute approximate surface area is 208 Å². The molecule has 2 aliphatic rings. The van der Waals surface area contributed by atoms with Crippen LogP contribution in [0, 0.1) is 11.2 Å². The molecule has 0 aliphatic heterocycles. The summed E-state index contributed by atoms with van der Waals surface area (Å²) in [5, 5.41) is 14.3. The number of fused-ring (bicyclic) bond motifs is 1. The summed E-state index contributed by atoms with van der Waals surface area (Å²) >= 11 is 0. The molecule has 0 unspecified atom stereocenters. The predicted octanol–water partition coefficient (Wildman–Crippen LogP) is 3.98. The molecule has 2 saturated carbocycles. The van der Waals surface area contributed by atoms with Crippen LogP contribution in [0.5, 0.6) is 5.75 Å². The highest BCUT2D eigenvalue weighted by atomic mass is 19.1. The topological polar surface area (TPSA) is 103 Å². The number of ether oxygens (including phenoxy) is 2. The van der Waals surface area contributed by atoms with Crippen molar-refractivity contribution in [1.82, 2.24) is 14.9 Å². The van der Waals surface area contributed by atoms with Crippen molar-refractivity contribution in [3.05, 3.63) is 58.3 Å². The molecule has 2 N–H and O–H groups in total. The van der Waals surface area contributed by atoms with Crippen LogP contribution in [0.4, 0.5) is 4.39 Å². The maximum Gasteiger partial charge on any atom is 0.269 e. The summed E-state index contributed by atoms with van der Waals surface area (Å²) in [5.74, 6) is -1.40. The number of rotatable bonds is 9. The first-order valence-electron chi connectivity index (χ1n) is 12.4. The highest BCUT2D eigenvalue weighted by Gasteiger charge is 2.53. The zero-order valence-electron chi connectivity index (χ0n) is 20.4. The molecular formula is C27H30FN3O5. The summed E-state index contributed by atoms with van der Waals surface area (Å²) in [4.78, 5) is 31.3. The van der Waals surface area contributed by atoms with Gasteiger partial charge in [-0.25, -0.2) is 9.37 Å². The van der Waals surface area contributed by atoms with Gasteiger partial charge in [-0.2, -0.15) is 0 Å². The van der Waals surface area contributed by atoms with E-state index in [9.17, 15) is 19.1 Å². The van der Waals surface area contributed by atoms with Gasteiger partial charge in [0.2, 0.25) is 0 Å². The quantitative estimate of drug-likeness (QED) is 0.436. The van der Waals surface area contributed by atoms with Crippen molar-refractivity contribution >= 4 is 16.9 Å². The van der Waals surface area contributed by atoms with E-state index in [1.54, 1.807) is 24.4 Å². The number of aromatic nitrogens is 2. The maximum absolute atomic E-state index is 13.6. The predicted molar refractivity (Wildman–Crippen MR) is 132 cm³/mol. The Kier molecular flexibility index (Phi) is 6.53. The molecule has 0 saturated heterocycles. The summed E-state index contributed by atoms with van der Waals surface area (Å²) < 4.78 is 26.0. The third kappa shape index (κ3) is 4.60. The second-order valence-electron chi connectivity index (χ2n) is 9.66. The fraction of sp³-hybridized carbons (Fsp3) is 0.444. The van der Waals surface area contributed by atoms with Crippen LogP contribution >= 0.6 is 0 Å². The van der Waals surface area contributed by atoms with Gasteiger partial charge < -0.3 is 19.9 Å². The molecule has 1 spiro atoms. The van der Waals surface area contributed by atoms with E-state index in [-0.39, 0.29) is 35.0 Å². The van der Waals surface area contributed by atoms with Gasteiger partial charge in [-0.1, -0.05) is 12.1 Å². The number of carbonyl (C=O) groups excluding carboxylic acids is 1. The Bertz CT molecular complexity index is 1340. The molecule has 2 heterocycles. The van der Waals surface area contributed by atoms with E-state index in [0.717, 1.165) is 12.8 Å². The lowest BCUT2D eigenvalue weighted by Crippen LogP contribution is -2.47. The number of aromatic hydroxyl groups is 1. The van der Waals surface area contributed by atoms with E-state index in [2.05, 4.69) is 10.3 Å². The number of halogens is 1. The van der Waals surface area contributed by atoms with E-state index < -0.39 is 23.5 Å². The number of hydrogen-bond donors (Lipinski definition) is 2. The van der Waals surface area contributed by atoms with Crippen LogP contribution in [-0.2, 0) is 16.0 Å². The summed E-state index contributed by atoms with van der Waals surface area (Å²) in [6, 6.07) is 7.51. The third-order valence-electron chi connectivity index (χ3n) is 7.17. The number of pyridine rings is 2. The Morgan fingerprint density at radius 3 is 2.47 bits per heavy atom. The lowest BCUT2D eigenvalue weighted by atomic mass is 9.77. The molecule has 3 aromatic rings. The molecule has 1 amide bonds. The third-order valence-corrected chi connectivity index (χ3v) is 7.17. The Hall–Kier alpha value is -3.30. The van der Waals surface area contributed by atoms with Crippen molar-refractivity contribution < 1.29 is 23.8 Å². The largest absolute Gasteiger partial charge is 0.506 e. The van der Waals surface area contributed by atoms with Gasteiger partial charge in [-0.05, 0) is 68.7 Å². The Balaban J connectivity index is 1.59. The Morgan fingerprint density at radius 2 is 1.86 bits per heavy atom. The van der Waals surface area contributed by atoms with Gasteiger partial charge in [0.15, 0.2) is 6.29 Å². The first kappa shape index (κ1) is 24.4. The smallest absolute Gasteiger partial charge is 0.269 e. The standard InChI is InChI=1S/C27H30FN3O5/c1-3-35-21(36-4-2)15-31-24-20(11-17(14-29-24)16-5-7-18(28)8-6-16)23(32)22(26(31)34)25(33)30-19-12-27(13-19)9-10-27/h5-8,11,14,19,21,32H,3-4,9-10,12-13,15H2,1-2H3,(H,30,33). The molecule has 0 radical (unpaired) electrons. The van der Waals surface area contributed by atoms with Gasteiger partial charge in [0.25, 0.3) is 11.5 Å². The van der Waals surface area contributed by atoms with Crippen LogP contribution in [0.2, 0.25) is 0 Å². The Morgan fingerprint density at radius 1 is 1.19 bits per heavy atom. The average molecular weight is 496 g/mol. The average Bonchev–Trinajstić information content (AvgIpc) is 3.63. The second-order valence-corrected chi connectivity index (χ2v) is 9.66. The molecule has 2 aromatic heterocycles. The van der Waals surface area contributed by atoms with Crippen LogP contribution < -0.4 is 10.9 Å². The molecule has 9 heteroatoms. The van der Waals surface area contributed by atoms with Crippen molar-refractivity contribution in [3.63, 3.8) is 0 Å². The summed E-state index contributed by atoms with van der Waals surface area (Å²) in [7, 11) is 0. The summed E-state index contributed by atoms with van der Waals surface area (Å²) in [6.07, 6.45) is 4.97. The maximum atomic E-state index is 13.6. The van der Waals surface area contributed by atoms with Gasteiger partial charge >= 0.3 is 0 Å². The van der Waals surface area contributed by atoms with E-state index in [0.29, 0.717) is 29.8 Å². The van der Waals surface area contributed by atoms with Gasteiger partial charge in [0, 0.05) is 31.0 Å². The fourth-order valence-electron chi connectivity index (χ4n) is 5.09. The molecule has 2 aliphatic carbocycles. The number of benzene rings is 1. The lowest BCUT2D eigenvalue weighted by molar-refractivity contribution is -0.143. The SMILES string of the molecule is CCOC(Cn1c(=O)c(C(=O)NC2CC3(CC3)C2)c(O)c2cc(-c3ccc(F)cc3)cnc21)OCC. The van der Waals surface area contributed by atoms with Crippen LogP contribution in [0.15, 0.2) is 41.3 Å². The van der Waals surface area contributed by atoms with Crippen LogP contribution in [0.25, 0.3) is 22.2 Å². The van der Waals surface area contributed by atoms with Crippen LogP contribution in [0.3, 0.4) is 0 Å². The first-order valence-corrected chi connectivity index (χ1v) is 12.4. The molecule has 0 bridgehead atoms. The summed E-state index contributed by atoms with van der Waals surface area (Å²) in [5.41, 5.74) is 0.868. The monoisotopic (exact) mass is 495 g/mol. The number of carbonyl (C=O) groups is 1. The van der Waals surface area contributed by atoms with Crippen LogP contribution in [0.1, 0.15) is 49.9 Å². The molecular weight excluding hydrogens is 465 g/mol. The molecule has 36 heavy (non-hydrogen) atoms.